The Balaban J connectivity index is 2.32. The van der Waals surface area contributed by atoms with Crippen LogP contribution < -0.4 is 20.5 Å². The molecule has 2 rings (SSSR count). The van der Waals surface area contributed by atoms with E-state index >= 15 is 0 Å². The molecule has 0 fully saturated rings. The fourth-order valence-corrected chi connectivity index (χ4v) is 1.67. The zero-order valence-electron chi connectivity index (χ0n) is 11.2. The van der Waals surface area contributed by atoms with Crippen LogP contribution >= 0.6 is 0 Å². The summed E-state index contributed by atoms with van der Waals surface area (Å²) in [6.45, 7) is 0. The maximum absolute atomic E-state index is 8.92. The van der Waals surface area contributed by atoms with Crippen LogP contribution in [0.5, 0.6) is 11.5 Å². The predicted molar refractivity (Wildman–Crippen MR) is 76.2 cm³/mol. The molecule has 1 aromatic carbocycles. The minimum atomic E-state index is 0.183. The lowest BCUT2D eigenvalue weighted by atomic mass is 10.2. The topological polar surface area (TPSA) is 93.2 Å². The summed E-state index contributed by atoms with van der Waals surface area (Å²) in [5.74, 6) is 1.82. The Hall–Kier alpha value is -2.94. The average molecular weight is 270 g/mol. The smallest absolute Gasteiger partial charge is 0.165 e. The fraction of sp³-hybridized carbons (Fsp3) is 0.143. The van der Waals surface area contributed by atoms with Gasteiger partial charge < -0.3 is 20.5 Å². The van der Waals surface area contributed by atoms with E-state index in [1.807, 2.05) is 12.1 Å². The first-order valence-corrected chi connectivity index (χ1v) is 5.83. The number of anilines is 3. The van der Waals surface area contributed by atoms with Gasteiger partial charge in [0.15, 0.2) is 5.69 Å². The molecule has 0 atom stereocenters. The molecule has 1 heterocycles. The second-order valence-electron chi connectivity index (χ2n) is 3.94. The molecule has 1 aromatic heterocycles. The molecule has 0 aliphatic carbocycles. The van der Waals surface area contributed by atoms with Gasteiger partial charge in [-0.15, -0.1) is 0 Å². The van der Waals surface area contributed by atoms with Gasteiger partial charge >= 0.3 is 0 Å². The van der Waals surface area contributed by atoms with Crippen molar-refractivity contribution in [1.29, 1.82) is 5.26 Å². The number of pyridine rings is 1. The normalized spacial score (nSPS) is 9.65. The van der Waals surface area contributed by atoms with Crippen molar-refractivity contribution in [2.45, 2.75) is 0 Å². The summed E-state index contributed by atoms with van der Waals surface area (Å²) in [6, 6.07) is 10.6. The lowest BCUT2D eigenvalue weighted by Crippen LogP contribution is -2.00. The molecule has 0 aliphatic rings. The Morgan fingerprint density at radius 1 is 1.20 bits per heavy atom. The second-order valence-corrected chi connectivity index (χ2v) is 3.94. The van der Waals surface area contributed by atoms with Gasteiger partial charge in [0.2, 0.25) is 0 Å². The van der Waals surface area contributed by atoms with E-state index in [-0.39, 0.29) is 5.69 Å². The number of methoxy groups -OCH3 is 2. The molecule has 6 nitrogen and oxygen atoms in total. The van der Waals surface area contributed by atoms with Crippen LogP contribution in [0.2, 0.25) is 0 Å². The third-order valence-electron chi connectivity index (χ3n) is 2.70. The molecule has 0 radical (unpaired) electrons. The van der Waals surface area contributed by atoms with Gasteiger partial charge in [-0.3, -0.25) is 0 Å². The van der Waals surface area contributed by atoms with Gasteiger partial charge in [-0.25, -0.2) is 4.98 Å². The maximum Gasteiger partial charge on any atom is 0.165 e. The Kier molecular flexibility index (Phi) is 3.91. The van der Waals surface area contributed by atoms with Crippen LogP contribution in [0.3, 0.4) is 0 Å². The van der Waals surface area contributed by atoms with Gasteiger partial charge in [0.05, 0.1) is 25.6 Å². The van der Waals surface area contributed by atoms with E-state index in [0.29, 0.717) is 23.0 Å². The van der Waals surface area contributed by atoms with E-state index in [1.54, 1.807) is 38.5 Å². The number of hydrogen-bond donors (Lipinski definition) is 2. The monoisotopic (exact) mass is 270 g/mol. The Labute approximate surface area is 116 Å². The molecule has 102 valence electrons. The van der Waals surface area contributed by atoms with Crippen molar-refractivity contribution in [3.8, 4) is 17.6 Å². The summed E-state index contributed by atoms with van der Waals surface area (Å²) >= 11 is 0. The number of rotatable bonds is 4. The van der Waals surface area contributed by atoms with Gasteiger partial charge in [0, 0.05) is 6.07 Å². The number of nitriles is 1. The van der Waals surface area contributed by atoms with E-state index < -0.39 is 0 Å². The predicted octanol–water partition coefficient (Wildman–Crippen LogP) is 2.30. The molecule has 6 heteroatoms. The molecule has 3 N–H and O–H groups in total. The highest BCUT2D eigenvalue weighted by molar-refractivity contribution is 5.67. The first kappa shape index (κ1) is 13.5. The summed E-state index contributed by atoms with van der Waals surface area (Å²) in [5.41, 5.74) is 6.88. The van der Waals surface area contributed by atoms with Crippen molar-refractivity contribution < 1.29 is 9.47 Å². The molecule has 0 aliphatic heterocycles. The molecule has 0 saturated carbocycles. The number of aromatic nitrogens is 1. The van der Waals surface area contributed by atoms with Crippen molar-refractivity contribution in [3.63, 3.8) is 0 Å². The van der Waals surface area contributed by atoms with E-state index in [4.69, 9.17) is 20.5 Å². The van der Waals surface area contributed by atoms with Gasteiger partial charge in [-0.2, -0.15) is 5.26 Å². The summed E-state index contributed by atoms with van der Waals surface area (Å²) < 4.78 is 10.4. The van der Waals surface area contributed by atoms with Crippen LogP contribution in [0.1, 0.15) is 5.69 Å². The summed E-state index contributed by atoms with van der Waals surface area (Å²) in [6.07, 6.45) is 0. The van der Waals surface area contributed by atoms with Crippen LogP contribution in [-0.4, -0.2) is 19.2 Å². The Bertz CT molecular complexity index is 665. The molecule has 0 amide bonds. The molecule has 0 saturated heterocycles. The number of benzene rings is 1. The lowest BCUT2D eigenvalue weighted by Gasteiger charge is -2.12. The minimum Gasteiger partial charge on any atom is -0.497 e. The van der Waals surface area contributed by atoms with Crippen LogP contribution in [0.15, 0.2) is 30.3 Å². The molecular formula is C14H14N4O2. The Morgan fingerprint density at radius 3 is 2.65 bits per heavy atom. The molecule has 2 aromatic rings. The summed E-state index contributed by atoms with van der Waals surface area (Å²) in [4.78, 5) is 4.12. The number of nitrogens with zero attached hydrogens (tertiary/aromatic N) is 2. The zero-order valence-corrected chi connectivity index (χ0v) is 11.2. The Morgan fingerprint density at radius 2 is 2.00 bits per heavy atom. The van der Waals surface area contributed by atoms with Crippen molar-refractivity contribution in [1.82, 2.24) is 4.98 Å². The standard InChI is InChI=1S/C14H14N4O2/c1-19-9-3-5-11(13(7-9)20-2)17-14-6-4-10(16)12(8-15)18-14/h3-7H,16H2,1-2H3,(H,17,18). The minimum absolute atomic E-state index is 0.183. The number of nitrogen functional groups attached to an aromatic ring is 1. The van der Waals surface area contributed by atoms with Gasteiger partial charge in [0.1, 0.15) is 23.4 Å². The van der Waals surface area contributed by atoms with Gasteiger partial charge in [0.25, 0.3) is 0 Å². The lowest BCUT2D eigenvalue weighted by molar-refractivity contribution is 0.395. The highest BCUT2D eigenvalue weighted by Crippen LogP contribution is 2.31. The number of nitrogens with one attached hydrogen (secondary N) is 1. The van der Waals surface area contributed by atoms with Crippen LogP contribution in [-0.2, 0) is 0 Å². The van der Waals surface area contributed by atoms with E-state index in [2.05, 4.69) is 10.3 Å². The molecule has 20 heavy (non-hydrogen) atoms. The van der Waals surface area contributed by atoms with Crippen molar-refractivity contribution in [3.05, 3.63) is 36.0 Å². The van der Waals surface area contributed by atoms with E-state index in [9.17, 15) is 0 Å². The quantitative estimate of drug-likeness (QED) is 0.885. The highest BCUT2D eigenvalue weighted by atomic mass is 16.5. The SMILES string of the molecule is COc1ccc(Nc2ccc(N)c(C#N)n2)c(OC)c1. The van der Waals surface area contributed by atoms with Crippen LogP contribution in [0.25, 0.3) is 0 Å². The van der Waals surface area contributed by atoms with Gasteiger partial charge in [-0.05, 0) is 24.3 Å². The van der Waals surface area contributed by atoms with E-state index in [1.165, 1.54) is 0 Å². The number of hydrogen-bond acceptors (Lipinski definition) is 6. The highest BCUT2D eigenvalue weighted by Gasteiger charge is 2.07. The first-order valence-electron chi connectivity index (χ1n) is 5.83. The molecular weight excluding hydrogens is 256 g/mol. The number of ether oxygens (including phenoxy) is 2. The maximum atomic E-state index is 8.92. The third kappa shape index (κ3) is 2.72. The molecule has 0 unspecified atom stereocenters. The largest absolute Gasteiger partial charge is 0.497 e. The second kappa shape index (κ2) is 5.80. The van der Waals surface area contributed by atoms with Crippen LogP contribution in [0, 0.1) is 11.3 Å². The van der Waals surface area contributed by atoms with Crippen molar-refractivity contribution in [2.75, 3.05) is 25.3 Å². The first-order chi connectivity index (χ1) is 9.67. The van der Waals surface area contributed by atoms with E-state index in [0.717, 1.165) is 5.69 Å². The van der Waals surface area contributed by atoms with Crippen LogP contribution in [0.4, 0.5) is 17.2 Å². The summed E-state index contributed by atoms with van der Waals surface area (Å²) in [7, 11) is 3.15. The average Bonchev–Trinajstić information content (AvgIpc) is 2.49. The van der Waals surface area contributed by atoms with Crippen molar-refractivity contribution in [2.24, 2.45) is 0 Å². The van der Waals surface area contributed by atoms with Gasteiger partial charge in [-0.1, -0.05) is 0 Å². The zero-order chi connectivity index (χ0) is 14.5. The number of nitrogens with two attached hydrogens (primary N) is 1. The summed E-state index contributed by atoms with van der Waals surface area (Å²) in [5, 5.41) is 12.0. The van der Waals surface area contributed by atoms with Crippen molar-refractivity contribution >= 4 is 17.2 Å². The fourth-order valence-electron chi connectivity index (χ4n) is 1.67. The third-order valence-corrected chi connectivity index (χ3v) is 2.70. The molecule has 0 bridgehead atoms. The molecule has 0 spiro atoms.